The van der Waals surface area contributed by atoms with Crippen molar-refractivity contribution in [1.82, 2.24) is 0 Å². The molecule has 1 aliphatic carbocycles. The highest BCUT2D eigenvalue weighted by molar-refractivity contribution is 7.18. The summed E-state index contributed by atoms with van der Waals surface area (Å²) in [5, 5.41) is 4.46. The first-order valence-corrected chi connectivity index (χ1v) is 7.46. The summed E-state index contributed by atoms with van der Waals surface area (Å²) in [7, 11) is 0. The normalized spacial score (nSPS) is 16.9. The van der Waals surface area contributed by atoms with Crippen LogP contribution in [0.3, 0.4) is 0 Å². The number of ketones is 1. The Morgan fingerprint density at radius 1 is 1.56 bits per heavy atom. The predicted molar refractivity (Wildman–Crippen MR) is 78.3 cm³/mol. The van der Waals surface area contributed by atoms with Gasteiger partial charge in [-0.1, -0.05) is 20.8 Å². The average Bonchev–Trinajstić information content (AvgIpc) is 3.03. The summed E-state index contributed by atoms with van der Waals surface area (Å²) in [5.41, 5.74) is 7.03. The van der Waals surface area contributed by atoms with Crippen LogP contribution in [0.15, 0.2) is 6.07 Å². The SMILES string of the molecule is CCC1(CNc2cc(N)c(C(=O)C(C)C)s2)CC1. The van der Waals surface area contributed by atoms with E-state index in [0.29, 0.717) is 16.0 Å². The molecule has 0 aliphatic heterocycles. The molecular formula is C14H22N2OS. The van der Waals surface area contributed by atoms with E-state index in [9.17, 15) is 4.79 Å². The van der Waals surface area contributed by atoms with Crippen molar-refractivity contribution in [3.8, 4) is 0 Å². The Bertz CT molecular complexity index is 447. The van der Waals surface area contributed by atoms with E-state index >= 15 is 0 Å². The second-order valence-electron chi connectivity index (χ2n) is 5.62. The van der Waals surface area contributed by atoms with Crippen molar-refractivity contribution in [1.29, 1.82) is 0 Å². The van der Waals surface area contributed by atoms with Crippen molar-refractivity contribution < 1.29 is 4.79 Å². The third kappa shape index (κ3) is 2.69. The summed E-state index contributed by atoms with van der Waals surface area (Å²) >= 11 is 1.49. The summed E-state index contributed by atoms with van der Waals surface area (Å²) in [4.78, 5) is 12.7. The molecule has 0 saturated heterocycles. The van der Waals surface area contributed by atoms with E-state index in [1.807, 2.05) is 19.9 Å². The molecule has 100 valence electrons. The van der Waals surface area contributed by atoms with Crippen LogP contribution in [0.1, 0.15) is 49.7 Å². The predicted octanol–water partition coefficient (Wildman–Crippen LogP) is 3.77. The van der Waals surface area contributed by atoms with Gasteiger partial charge in [-0.15, -0.1) is 11.3 Å². The van der Waals surface area contributed by atoms with Gasteiger partial charge in [0.25, 0.3) is 0 Å². The van der Waals surface area contributed by atoms with Gasteiger partial charge in [0.15, 0.2) is 5.78 Å². The molecule has 18 heavy (non-hydrogen) atoms. The summed E-state index contributed by atoms with van der Waals surface area (Å²) in [6.45, 7) is 7.06. The minimum absolute atomic E-state index is 0.00390. The van der Waals surface area contributed by atoms with Crippen molar-refractivity contribution in [3.05, 3.63) is 10.9 Å². The maximum Gasteiger partial charge on any atom is 0.177 e. The standard InChI is InChI=1S/C14H22N2OS/c1-4-14(5-6-14)8-16-11-7-10(15)13(18-11)12(17)9(2)3/h7,9,16H,4-6,8,15H2,1-3H3. The number of nitrogen functional groups attached to an aromatic ring is 1. The molecule has 1 aliphatic rings. The number of hydrogen-bond donors (Lipinski definition) is 2. The Labute approximate surface area is 113 Å². The van der Waals surface area contributed by atoms with Gasteiger partial charge >= 0.3 is 0 Å². The lowest BCUT2D eigenvalue weighted by molar-refractivity contribution is 0.0944. The summed E-state index contributed by atoms with van der Waals surface area (Å²) in [6.07, 6.45) is 3.85. The topological polar surface area (TPSA) is 55.1 Å². The van der Waals surface area contributed by atoms with E-state index in [-0.39, 0.29) is 11.7 Å². The number of anilines is 2. The average molecular weight is 266 g/mol. The maximum absolute atomic E-state index is 12.0. The van der Waals surface area contributed by atoms with Gasteiger partial charge < -0.3 is 11.1 Å². The van der Waals surface area contributed by atoms with Gasteiger partial charge in [0.2, 0.25) is 0 Å². The fourth-order valence-corrected chi connectivity index (χ4v) is 3.12. The highest BCUT2D eigenvalue weighted by Crippen LogP contribution is 2.48. The highest BCUT2D eigenvalue weighted by Gasteiger charge is 2.40. The molecule has 2 rings (SSSR count). The van der Waals surface area contributed by atoms with Gasteiger partial charge in [0.1, 0.15) is 0 Å². The molecule has 0 atom stereocenters. The Balaban J connectivity index is 2.02. The number of thiophene rings is 1. The molecule has 0 bridgehead atoms. The van der Waals surface area contributed by atoms with E-state index in [1.54, 1.807) is 0 Å². The molecule has 1 saturated carbocycles. The molecule has 1 fully saturated rings. The first-order valence-electron chi connectivity index (χ1n) is 6.65. The Hall–Kier alpha value is -1.03. The van der Waals surface area contributed by atoms with Crippen LogP contribution in [0.2, 0.25) is 0 Å². The number of carbonyl (C=O) groups excluding carboxylic acids is 1. The molecule has 1 aromatic rings. The largest absolute Gasteiger partial charge is 0.397 e. The van der Waals surface area contributed by atoms with Gasteiger partial charge in [-0.25, -0.2) is 0 Å². The second-order valence-corrected chi connectivity index (χ2v) is 6.67. The van der Waals surface area contributed by atoms with Crippen molar-refractivity contribution in [2.75, 3.05) is 17.6 Å². The summed E-state index contributed by atoms with van der Waals surface area (Å²) in [6, 6.07) is 1.89. The van der Waals surface area contributed by atoms with Crippen LogP contribution >= 0.6 is 11.3 Å². The van der Waals surface area contributed by atoms with Crippen molar-refractivity contribution in [2.45, 2.75) is 40.0 Å². The first-order chi connectivity index (χ1) is 8.47. The number of nitrogens with two attached hydrogens (primary N) is 1. The number of rotatable bonds is 6. The fraction of sp³-hybridized carbons (Fsp3) is 0.643. The molecule has 0 amide bonds. The second kappa shape index (κ2) is 4.92. The zero-order valence-corrected chi connectivity index (χ0v) is 12.2. The van der Waals surface area contributed by atoms with Crippen LogP contribution in [-0.4, -0.2) is 12.3 Å². The number of nitrogens with one attached hydrogen (secondary N) is 1. The van der Waals surface area contributed by atoms with Crippen LogP contribution in [-0.2, 0) is 0 Å². The lowest BCUT2D eigenvalue weighted by atomic mass is 10.0. The van der Waals surface area contributed by atoms with Gasteiger partial charge in [-0.2, -0.15) is 0 Å². The van der Waals surface area contributed by atoms with E-state index in [1.165, 1.54) is 30.6 Å². The smallest absolute Gasteiger partial charge is 0.177 e. The molecule has 3 nitrogen and oxygen atoms in total. The highest BCUT2D eigenvalue weighted by atomic mass is 32.1. The zero-order chi connectivity index (χ0) is 13.3. The number of hydrogen-bond acceptors (Lipinski definition) is 4. The van der Waals surface area contributed by atoms with Gasteiger partial charge in [-0.3, -0.25) is 4.79 Å². The third-order valence-corrected chi connectivity index (χ3v) is 4.98. The van der Waals surface area contributed by atoms with Gasteiger partial charge in [0, 0.05) is 12.5 Å². The van der Waals surface area contributed by atoms with Crippen molar-refractivity contribution >= 4 is 27.8 Å². The summed E-state index contributed by atoms with van der Waals surface area (Å²) in [5.74, 6) is 0.145. The molecule has 1 heterocycles. The Kier molecular flexibility index (Phi) is 3.66. The van der Waals surface area contributed by atoms with Crippen LogP contribution in [0.4, 0.5) is 10.7 Å². The van der Waals surface area contributed by atoms with E-state index in [0.717, 1.165) is 11.5 Å². The molecule has 4 heteroatoms. The van der Waals surface area contributed by atoms with Crippen LogP contribution in [0, 0.1) is 11.3 Å². The molecule has 0 unspecified atom stereocenters. The Morgan fingerprint density at radius 3 is 2.72 bits per heavy atom. The molecule has 3 N–H and O–H groups in total. The van der Waals surface area contributed by atoms with E-state index < -0.39 is 0 Å². The third-order valence-electron chi connectivity index (χ3n) is 3.85. The van der Waals surface area contributed by atoms with Gasteiger partial charge in [-0.05, 0) is 30.7 Å². The number of carbonyl (C=O) groups is 1. The molecule has 0 spiro atoms. The van der Waals surface area contributed by atoms with Crippen molar-refractivity contribution in [2.24, 2.45) is 11.3 Å². The van der Waals surface area contributed by atoms with Crippen LogP contribution in [0.25, 0.3) is 0 Å². The lowest BCUT2D eigenvalue weighted by Gasteiger charge is -2.12. The maximum atomic E-state index is 12.0. The zero-order valence-electron chi connectivity index (χ0n) is 11.4. The summed E-state index contributed by atoms with van der Waals surface area (Å²) < 4.78 is 0. The molecular weight excluding hydrogens is 244 g/mol. The van der Waals surface area contributed by atoms with Crippen LogP contribution < -0.4 is 11.1 Å². The Morgan fingerprint density at radius 2 is 2.22 bits per heavy atom. The fourth-order valence-electron chi connectivity index (χ4n) is 2.05. The first kappa shape index (κ1) is 13.4. The minimum atomic E-state index is 0.00390. The molecule has 0 aromatic carbocycles. The molecule has 0 radical (unpaired) electrons. The molecule has 1 aromatic heterocycles. The minimum Gasteiger partial charge on any atom is -0.397 e. The van der Waals surface area contributed by atoms with E-state index in [2.05, 4.69) is 12.2 Å². The lowest BCUT2D eigenvalue weighted by Crippen LogP contribution is -2.13. The monoisotopic (exact) mass is 266 g/mol. The van der Waals surface area contributed by atoms with Crippen molar-refractivity contribution in [3.63, 3.8) is 0 Å². The van der Waals surface area contributed by atoms with Crippen LogP contribution in [0.5, 0.6) is 0 Å². The van der Waals surface area contributed by atoms with Gasteiger partial charge in [0.05, 0.1) is 15.6 Å². The van der Waals surface area contributed by atoms with E-state index in [4.69, 9.17) is 5.73 Å². The quantitative estimate of drug-likeness (QED) is 0.771. The number of Topliss-reactive ketones (excluding diaryl/α,β-unsaturated/α-hetero) is 1.